The van der Waals surface area contributed by atoms with E-state index in [9.17, 15) is 0 Å². The first kappa shape index (κ1) is 17.2. The first-order valence-corrected chi connectivity index (χ1v) is 8.90. The highest BCUT2D eigenvalue weighted by Gasteiger charge is 2.39. The van der Waals surface area contributed by atoms with Crippen LogP contribution in [0.4, 0.5) is 0 Å². The van der Waals surface area contributed by atoms with Crippen molar-refractivity contribution in [1.29, 1.82) is 0 Å². The third kappa shape index (κ3) is 4.20. The van der Waals surface area contributed by atoms with E-state index >= 15 is 0 Å². The number of ether oxygens (including phenoxy) is 1. The van der Waals surface area contributed by atoms with Gasteiger partial charge in [0.05, 0.1) is 6.10 Å². The van der Waals surface area contributed by atoms with Crippen molar-refractivity contribution in [1.82, 2.24) is 4.90 Å². The molecule has 1 saturated carbocycles. The van der Waals surface area contributed by atoms with Crippen molar-refractivity contribution >= 4 is 0 Å². The molecule has 2 aliphatic rings. The number of likely N-dealkylation sites (N-methyl/N-ethyl adjacent to an activating group) is 1. The van der Waals surface area contributed by atoms with Crippen LogP contribution < -0.4 is 5.73 Å². The van der Waals surface area contributed by atoms with E-state index in [4.69, 9.17) is 10.5 Å². The second kappa shape index (κ2) is 6.97. The van der Waals surface area contributed by atoms with Gasteiger partial charge in [0.1, 0.15) is 0 Å². The van der Waals surface area contributed by atoms with Gasteiger partial charge in [-0.25, -0.2) is 0 Å². The summed E-state index contributed by atoms with van der Waals surface area (Å²) in [6.45, 7) is 9.96. The molecule has 2 fully saturated rings. The van der Waals surface area contributed by atoms with Crippen LogP contribution in [0, 0.1) is 11.3 Å². The van der Waals surface area contributed by atoms with Crippen LogP contribution in [0.1, 0.15) is 65.7 Å². The molecule has 1 saturated heterocycles. The highest BCUT2D eigenvalue weighted by atomic mass is 16.5. The van der Waals surface area contributed by atoms with E-state index in [1.807, 2.05) is 0 Å². The molecule has 2 N–H and O–H groups in total. The monoisotopic (exact) mass is 296 g/mol. The van der Waals surface area contributed by atoms with Gasteiger partial charge in [0.2, 0.25) is 0 Å². The van der Waals surface area contributed by atoms with E-state index < -0.39 is 0 Å². The Labute approximate surface area is 131 Å². The molecule has 0 aromatic heterocycles. The van der Waals surface area contributed by atoms with Gasteiger partial charge in [-0.05, 0) is 56.9 Å². The van der Waals surface area contributed by atoms with Crippen LogP contribution in [0.2, 0.25) is 0 Å². The van der Waals surface area contributed by atoms with Gasteiger partial charge in [0, 0.05) is 25.2 Å². The summed E-state index contributed by atoms with van der Waals surface area (Å²) in [5.41, 5.74) is 6.88. The third-order valence-electron chi connectivity index (χ3n) is 6.07. The normalized spacial score (nSPS) is 35.1. The summed E-state index contributed by atoms with van der Waals surface area (Å²) in [6, 6.07) is 0. The molecule has 0 spiro atoms. The van der Waals surface area contributed by atoms with Crippen molar-refractivity contribution < 1.29 is 4.74 Å². The molecule has 2 rings (SSSR count). The summed E-state index contributed by atoms with van der Waals surface area (Å²) in [5, 5.41) is 0. The van der Waals surface area contributed by atoms with E-state index in [2.05, 4.69) is 32.7 Å². The van der Waals surface area contributed by atoms with Gasteiger partial charge in [0.15, 0.2) is 0 Å². The van der Waals surface area contributed by atoms with E-state index in [0.717, 1.165) is 25.6 Å². The first-order chi connectivity index (χ1) is 9.87. The number of rotatable bonds is 4. The Balaban J connectivity index is 1.99. The van der Waals surface area contributed by atoms with Gasteiger partial charge in [-0.1, -0.05) is 27.2 Å². The summed E-state index contributed by atoms with van der Waals surface area (Å²) in [7, 11) is 2.27. The average Bonchev–Trinajstić information content (AvgIpc) is 2.81. The Morgan fingerprint density at radius 1 is 1.14 bits per heavy atom. The fourth-order valence-electron chi connectivity index (χ4n) is 4.28. The van der Waals surface area contributed by atoms with Crippen LogP contribution >= 0.6 is 0 Å². The smallest absolute Gasteiger partial charge is 0.0702 e. The van der Waals surface area contributed by atoms with Gasteiger partial charge >= 0.3 is 0 Å². The summed E-state index contributed by atoms with van der Waals surface area (Å²) in [6.07, 6.45) is 9.36. The first-order valence-electron chi connectivity index (χ1n) is 8.90. The molecule has 1 heterocycles. The molecule has 0 aromatic rings. The van der Waals surface area contributed by atoms with Gasteiger partial charge in [-0.3, -0.25) is 4.90 Å². The predicted octanol–water partition coefficient (Wildman–Crippen LogP) is 3.42. The van der Waals surface area contributed by atoms with Gasteiger partial charge in [-0.2, -0.15) is 0 Å². The fourth-order valence-corrected chi connectivity index (χ4v) is 4.28. The molecule has 0 radical (unpaired) electrons. The Bertz CT molecular complexity index is 320. The van der Waals surface area contributed by atoms with Crippen LogP contribution in [0.25, 0.3) is 0 Å². The van der Waals surface area contributed by atoms with Crippen molar-refractivity contribution in [2.24, 2.45) is 17.1 Å². The fraction of sp³-hybridized carbons (Fsp3) is 1.00. The second-order valence-corrected chi connectivity index (χ2v) is 8.44. The molecule has 0 bridgehead atoms. The SMILES string of the molecule is CN(CC1CCCO1)C1(CN)CCCC(C(C)(C)C)CC1. The lowest BCUT2D eigenvalue weighted by Crippen LogP contribution is -2.53. The van der Waals surface area contributed by atoms with Gasteiger partial charge in [-0.15, -0.1) is 0 Å². The maximum atomic E-state index is 6.25. The van der Waals surface area contributed by atoms with Crippen LogP contribution in [0.5, 0.6) is 0 Å². The molecule has 21 heavy (non-hydrogen) atoms. The Kier molecular flexibility index (Phi) is 5.72. The lowest BCUT2D eigenvalue weighted by molar-refractivity contribution is 0.0290. The predicted molar refractivity (Wildman–Crippen MR) is 89.4 cm³/mol. The second-order valence-electron chi connectivity index (χ2n) is 8.44. The maximum Gasteiger partial charge on any atom is 0.0702 e. The van der Waals surface area contributed by atoms with Crippen LogP contribution in [0.3, 0.4) is 0 Å². The highest BCUT2D eigenvalue weighted by molar-refractivity contribution is 4.95. The summed E-state index contributed by atoms with van der Waals surface area (Å²) < 4.78 is 5.83. The zero-order chi connectivity index (χ0) is 15.5. The number of nitrogens with zero attached hydrogens (tertiary/aromatic N) is 1. The lowest BCUT2D eigenvalue weighted by atomic mass is 9.76. The summed E-state index contributed by atoms with van der Waals surface area (Å²) in [5.74, 6) is 0.835. The van der Waals surface area contributed by atoms with Gasteiger partial charge in [0.25, 0.3) is 0 Å². The van der Waals surface area contributed by atoms with Crippen molar-refractivity contribution in [3.8, 4) is 0 Å². The van der Waals surface area contributed by atoms with E-state index in [-0.39, 0.29) is 5.54 Å². The van der Waals surface area contributed by atoms with Gasteiger partial charge < -0.3 is 10.5 Å². The quantitative estimate of drug-likeness (QED) is 0.808. The Hall–Kier alpha value is -0.120. The largest absolute Gasteiger partial charge is 0.377 e. The van der Waals surface area contributed by atoms with Crippen LogP contribution in [-0.4, -0.2) is 43.3 Å². The summed E-state index contributed by atoms with van der Waals surface area (Å²) >= 11 is 0. The minimum absolute atomic E-state index is 0.200. The lowest BCUT2D eigenvalue weighted by Gasteiger charge is -2.42. The average molecular weight is 296 g/mol. The zero-order valence-electron chi connectivity index (χ0n) is 14.7. The number of hydrogen-bond acceptors (Lipinski definition) is 3. The van der Waals surface area contributed by atoms with Crippen molar-refractivity contribution in [2.45, 2.75) is 77.4 Å². The molecule has 3 nitrogen and oxygen atoms in total. The zero-order valence-corrected chi connectivity index (χ0v) is 14.7. The molecule has 1 aliphatic carbocycles. The van der Waals surface area contributed by atoms with Crippen LogP contribution in [-0.2, 0) is 4.74 Å². The standard InChI is InChI=1S/C18H36N2O/c1-17(2,3)15-7-5-10-18(14-19,11-9-15)20(4)13-16-8-6-12-21-16/h15-16H,5-14,19H2,1-4H3. The van der Waals surface area contributed by atoms with E-state index in [1.54, 1.807) is 0 Å². The van der Waals surface area contributed by atoms with Crippen molar-refractivity contribution in [3.05, 3.63) is 0 Å². The number of hydrogen-bond donors (Lipinski definition) is 1. The molecular weight excluding hydrogens is 260 g/mol. The Morgan fingerprint density at radius 3 is 2.48 bits per heavy atom. The van der Waals surface area contributed by atoms with Crippen LogP contribution in [0.15, 0.2) is 0 Å². The molecule has 3 atom stereocenters. The minimum atomic E-state index is 0.200. The molecule has 1 aliphatic heterocycles. The molecular formula is C18H36N2O. The molecule has 3 heteroatoms. The molecule has 0 aromatic carbocycles. The topological polar surface area (TPSA) is 38.5 Å². The Morgan fingerprint density at radius 2 is 1.90 bits per heavy atom. The van der Waals surface area contributed by atoms with E-state index in [1.165, 1.54) is 44.9 Å². The summed E-state index contributed by atoms with van der Waals surface area (Å²) in [4.78, 5) is 2.54. The third-order valence-corrected chi connectivity index (χ3v) is 6.07. The van der Waals surface area contributed by atoms with Crippen molar-refractivity contribution in [3.63, 3.8) is 0 Å². The van der Waals surface area contributed by atoms with Crippen molar-refractivity contribution in [2.75, 3.05) is 26.7 Å². The number of nitrogens with two attached hydrogens (primary N) is 1. The highest BCUT2D eigenvalue weighted by Crippen LogP contribution is 2.41. The maximum absolute atomic E-state index is 6.25. The molecule has 0 amide bonds. The molecule has 124 valence electrons. The molecule has 3 unspecified atom stereocenters. The minimum Gasteiger partial charge on any atom is -0.377 e. The van der Waals surface area contributed by atoms with E-state index in [0.29, 0.717) is 11.5 Å².